The zero-order valence-electron chi connectivity index (χ0n) is 18.5. The fourth-order valence-electron chi connectivity index (χ4n) is 3.80. The van der Waals surface area contributed by atoms with Gasteiger partial charge >= 0.3 is 0 Å². The van der Waals surface area contributed by atoms with Crippen molar-refractivity contribution in [3.8, 4) is 11.5 Å². The highest BCUT2D eigenvalue weighted by Crippen LogP contribution is 2.41. The Hall–Kier alpha value is -4.10. The van der Waals surface area contributed by atoms with Gasteiger partial charge in [-0.15, -0.1) is 0 Å². The number of amides is 1. The number of primary amides is 1. The maximum Gasteiger partial charge on any atom is 0.252 e. The summed E-state index contributed by atoms with van der Waals surface area (Å²) in [6, 6.07) is 20.7. The summed E-state index contributed by atoms with van der Waals surface area (Å²) in [4.78, 5) is 18.4. The minimum absolute atomic E-state index is 0.230. The highest BCUT2D eigenvalue weighted by molar-refractivity contribution is 6.04. The molecule has 33 heavy (non-hydrogen) atoms. The summed E-state index contributed by atoms with van der Waals surface area (Å²) in [5.74, 6) is 0.190. The van der Waals surface area contributed by atoms with E-state index >= 15 is 0 Å². The average Bonchev–Trinajstić information content (AvgIpc) is 2.84. The number of methoxy groups -OCH3 is 1. The van der Waals surface area contributed by atoms with Crippen LogP contribution < -0.4 is 20.1 Å². The van der Waals surface area contributed by atoms with E-state index in [0.717, 1.165) is 16.8 Å². The molecule has 0 aliphatic carbocycles. The van der Waals surface area contributed by atoms with Crippen LogP contribution in [-0.2, 0) is 6.61 Å². The molecule has 0 spiro atoms. The summed E-state index contributed by atoms with van der Waals surface area (Å²) in [5, 5.41) is 11.0. The molecule has 1 amide bonds. The molecule has 0 aliphatic rings. The first-order valence-electron chi connectivity index (χ1n) is 10.4. The van der Waals surface area contributed by atoms with Crippen LogP contribution in [0.15, 0.2) is 72.9 Å². The summed E-state index contributed by atoms with van der Waals surface area (Å²) in [6.07, 6.45) is 1.56. The molecular formula is C26H25N3O4. The molecule has 0 bridgehead atoms. The SMILES string of the molecule is COc1cnc2cc(C(N)=O)c(OCc3ccccc3)cc2c1N(CO)c1ccccc1C. The Morgan fingerprint density at radius 3 is 2.45 bits per heavy atom. The van der Waals surface area contributed by atoms with Gasteiger partial charge in [-0.25, -0.2) is 0 Å². The number of hydrogen-bond donors (Lipinski definition) is 2. The predicted octanol–water partition coefficient (Wildman–Crippen LogP) is 4.32. The van der Waals surface area contributed by atoms with Gasteiger partial charge < -0.3 is 25.2 Å². The summed E-state index contributed by atoms with van der Waals surface area (Å²) >= 11 is 0. The number of nitrogens with two attached hydrogens (primary N) is 1. The van der Waals surface area contributed by atoms with E-state index in [1.807, 2.05) is 61.5 Å². The lowest BCUT2D eigenvalue weighted by atomic mass is 10.1. The summed E-state index contributed by atoms with van der Waals surface area (Å²) in [7, 11) is 1.55. The predicted molar refractivity (Wildman–Crippen MR) is 128 cm³/mol. The highest BCUT2D eigenvalue weighted by atomic mass is 16.5. The summed E-state index contributed by atoms with van der Waals surface area (Å²) in [6.45, 7) is 1.94. The zero-order valence-corrected chi connectivity index (χ0v) is 18.5. The maximum absolute atomic E-state index is 12.2. The molecule has 7 nitrogen and oxygen atoms in total. The molecule has 3 aromatic carbocycles. The minimum Gasteiger partial charge on any atom is -0.493 e. The van der Waals surface area contributed by atoms with Gasteiger partial charge in [-0.2, -0.15) is 0 Å². The van der Waals surface area contributed by atoms with E-state index in [0.29, 0.717) is 28.1 Å². The standard InChI is InChI=1S/C26H25N3O4/c1-17-8-6-7-11-22(17)29(16-30)25-19-13-23(33-15-18-9-4-3-5-10-18)20(26(27)31)12-21(19)28-14-24(25)32-2/h3-14,30H,15-16H2,1-2H3,(H2,27,31). The fourth-order valence-corrected chi connectivity index (χ4v) is 3.80. The molecule has 4 rings (SSSR count). The molecule has 0 atom stereocenters. The van der Waals surface area contributed by atoms with Crippen molar-refractivity contribution < 1.29 is 19.4 Å². The van der Waals surface area contributed by atoms with Gasteiger partial charge in [0, 0.05) is 11.1 Å². The number of anilines is 2. The van der Waals surface area contributed by atoms with Crippen molar-refractivity contribution in [1.29, 1.82) is 0 Å². The quantitative estimate of drug-likeness (QED) is 0.394. The zero-order chi connectivity index (χ0) is 23.4. The van der Waals surface area contributed by atoms with Crippen molar-refractivity contribution in [2.45, 2.75) is 13.5 Å². The molecule has 0 aliphatic heterocycles. The van der Waals surface area contributed by atoms with Crippen LogP contribution in [0.2, 0.25) is 0 Å². The monoisotopic (exact) mass is 443 g/mol. The summed E-state index contributed by atoms with van der Waals surface area (Å²) in [5.41, 5.74) is 9.76. The lowest BCUT2D eigenvalue weighted by molar-refractivity contribution is 0.0996. The number of aliphatic hydroxyl groups is 1. The smallest absolute Gasteiger partial charge is 0.252 e. The van der Waals surface area contributed by atoms with E-state index in [1.165, 1.54) is 0 Å². The second-order valence-corrected chi connectivity index (χ2v) is 7.54. The van der Waals surface area contributed by atoms with E-state index in [9.17, 15) is 9.90 Å². The van der Waals surface area contributed by atoms with Crippen LogP contribution in [0.1, 0.15) is 21.5 Å². The van der Waals surface area contributed by atoms with Crippen molar-refractivity contribution in [3.05, 3.63) is 89.6 Å². The van der Waals surface area contributed by atoms with Crippen LogP contribution in [0.25, 0.3) is 10.9 Å². The number of para-hydroxylation sites is 1. The molecule has 0 saturated carbocycles. The van der Waals surface area contributed by atoms with Gasteiger partial charge in [-0.3, -0.25) is 9.78 Å². The molecule has 1 heterocycles. The third-order valence-corrected chi connectivity index (χ3v) is 5.45. The number of pyridine rings is 1. The van der Waals surface area contributed by atoms with Crippen molar-refractivity contribution >= 4 is 28.2 Å². The number of aliphatic hydroxyl groups excluding tert-OH is 1. The van der Waals surface area contributed by atoms with Gasteiger partial charge in [0.25, 0.3) is 5.91 Å². The van der Waals surface area contributed by atoms with E-state index < -0.39 is 5.91 Å². The van der Waals surface area contributed by atoms with Gasteiger partial charge in [0.2, 0.25) is 0 Å². The first-order valence-corrected chi connectivity index (χ1v) is 10.4. The van der Waals surface area contributed by atoms with Crippen LogP contribution >= 0.6 is 0 Å². The Balaban J connectivity index is 1.90. The summed E-state index contributed by atoms with van der Waals surface area (Å²) < 4.78 is 11.6. The molecule has 1 aromatic heterocycles. The number of aromatic nitrogens is 1. The molecule has 7 heteroatoms. The topological polar surface area (TPSA) is 97.9 Å². The Bertz CT molecular complexity index is 1290. The van der Waals surface area contributed by atoms with Crippen molar-refractivity contribution in [2.24, 2.45) is 5.73 Å². The number of ether oxygens (including phenoxy) is 2. The Labute approximate surface area is 192 Å². The van der Waals surface area contributed by atoms with E-state index in [2.05, 4.69) is 4.98 Å². The number of rotatable bonds is 8. The van der Waals surface area contributed by atoms with E-state index in [1.54, 1.807) is 30.3 Å². The van der Waals surface area contributed by atoms with Gasteiger partial charge in [0.15, 0.2) is 5.75 Å². The third kappa shape index (κ3) is 4.44. The molecule has 0 fully saturated rings. The largest absolute Gasteiger partial charge is 0.493 e. The molecular weight excluding hydrogens is 418 g/mol. The first-order chi connectivity index (χ1) is 16.0. The van der Waals surface area contributed by atoms with E-state index in [4.69, 9.17) is 15.2 Å². The van der Waals surface area contributed by atoms with Crippen molar-refractivity contribution in [2.75, 3.05) is 18.7 Å². The van der Waals surface area contributed by atoms with Crippen molar-refractivity contribution in [1.82, 2.24) is 4.98 Å². The molecule has 0 saturated heterocycles. The fraction of sp³-hybridized carbons (Fsp3) is 0.154. The second-order valence-electron chi connectivity index (χ2n) is 7.54. The van der Waals surface area contributed by atoms with E-state index in [-0.39, 0.29) is 18.9 Å². The lowest BCUT2D eigenvalue weighted by Crippen LogP contribution is -2.20. The molecule has 3 N–H and O–H groups in total. The normalized spacial score (nSPS) is 10.8. The first kappa shape index (κ1) is 22.1. The maximum atomic E-state index is 12.2. The van der Waals surface area contributed by atoms with Crippen LogP contribution in [0.4, 0.5) is 11.4 Å². The van der Waals surface area contributed by atoms with Gasteiger partial charge in [-0.05, 0) is 36.2 Å². The Morgan fingerprint density at radius 2 is 1.79 bits per heavy atom. The van der Waals surface area contributed by atoms with Gasteiger partial charge in [-0.1, -0.05) is 48.5 Å². The van der Waals surface area contributed by atoms with Gasteiger partial charge in [0.1, 0.15) is 19.1 Å². The molecule has 0 radical (unpaired) electrons. The number of aryl methyl sites for hydroxylation is 1. The highest BCUT2D eigenvalue weighted by Gasteiger charge is 2.22. The van der Waals surface area contributed by atoms with Crippen LogP contribution in [0, 0.1) is 6.92 Å². The third-order valence-electron chi connectivity index (χ3n) is 5.45. The van der Waals surface area contributed by atoms with Crippen LogP contribution in [0.5, 0.6) is 11.5 Å². The second kappa shape index (κ2) is 9.58. The lowest BCUT2D eigenvalue weighted by Gasteiger charge is -2.27. The van der Waals surface area contributed by atoms with Crippen LogP contribution in [-0.4, -0.2) is 29.8 Å². The number of carbonyl (C=O) groups is 1. The number of fused-ring (bicyclic) bond motifs is 1. The molecule has 0 unspecified atom stereocenters. The van der Waals surface area contributed by atoms with Crippen molar-refractivity contribution in [3.63, 3.8) is 0 Å². The Kier molecular flexibility index (Phi) is 6.42. The molecule has 4 aromatic rings. The van der Waals surface area contributed by atoms with Crippen LogP contribution in [0.3, 0.4) is 0 Å². The van der Waals surface area contributed by atoms with Gasteiger partial charge in [0.05, 0.1) is 30.1 Å². The number of benzene rings is 3. The Morgan fingerprint density at radius 1 is 1.06 bits per heavy atom. The molecule has 168 valence electrons. The number of hydrogen-bond acceptors (Lipinski definition) is 6. The number of nitrogens with zero attached hydrogens (tertiary/aromatic N) is 2. The number of carbonyl (C=O) groups excluding carboxylic acids is 1. The average molecular weight is 444 g/mol. The minimum atomic E-state index is -0.614.